The first-order valence-electron chi connectivity index (χ1n) is 32.3. The monoisotopic (exact) mass is 1860 g/mol. The molecule has 0 spiro atoms. The molecular formula is C86H122O6Sm4-2. The Bertz CT molecular complexity index is 1420. The van der Waals surface area contributed by atoms with Crippen LogP contribution in [0, 0.1) is 410 Å². The first kappa shape index (κ1) is 110. The predicted molar refractivity (Wildman–Crippen MR) is 390 cm³/mol. The summed E-state index contributed by atoms with van der Waals surface area (Å²) in [7, 11) is 0. The van der Waals surface area contributed by atoms with Crippen molar-refractivity contribution in [3.05, 3.63) is 249 Å². The first-order valence-corrected chi connectivity index (χ1v) is 32.3. The average molecular weight is 1850 g/mol. The molecule has 0 aliphatic heterocycles. The van der Waals surface area contributed by atoms with E-state index in [4.69, 9.17) is 19.8 Å². The van der Waals surface area contributed by atoms with Crippen LogP contribution in [0.4, 0.5) is 0 Å². The maximum Gasteiger partial charge on any atom is 0.154 e. The summed E-state index contributed by atoms with van der Waals surface area (Å²) >= 11 is 0. The van der Waals surface area contributed by atoms with Crippen LogP contribution in [0.1, 0.15) is 277 Å². The molecule has 10 heteroatoms. The second-order valence-corrected chi connectivity index (χ2v) is 26.1. The van der Waals surface area contributed by atoms with E-state index in [1.165, 1.54) is 249 Å². The number of hydrogen-bond acceptors (Lipinski definition) is 4. The second kappa shape index (κ2) is 52.3. The molecule has 0 bridgehead atoms. The van der Waals surface area contributed by atoms with Gasteiger partial charge in [-0.05, 0) is 237 Å². The van der Waals surface area contributed by atoms with Crippen molar-refractivity contribution in [2.75, 3.05) is 0 Å². The fourth-order valence-electron chi connectivity index (χ4n) is 11.3. The van der Waals surface area contributed by atoms with Crippen LogP contribution in [-0.4, -0.2) is 34.0 Å². The molecule has 8 saturated carbocycles. The summed E-state index contributed by atoms with van der Waals surface area (Å²) in [5.41, 5.74) is 0. The van der Waals surface area contributed by atoms with Crippen LogP contribution in [0.5, 0.6) is 0 Å². The smallest absolute Gasteiger partial charge is 0.154 e. The third-order valence-electron chi connectivity index (χ3n) is 22.8. The van der Waals surface area contributed by atoms with Gasteiger partial charge in [0.2, 0.25) is 0 Å². The van der Waals surface area contributed by atoms with Crippen molar-refractivity contribution in [2.24, 2.45) is 0 Å². The van der Waals surface area contributed by atoms with Gasteiger partial charge in [-0.2, -0.15) is 0 Å². The first-order chi connectivity index (χ1) is 42.0. The van der Waals surface area contributed by atoms with Crippen LogP contribution >= 0.6 is 0 Å². The van der Waals surface area contributed by atoms with Crippen molar-refractivity contribution >= 4 is 23.8 Å². The molecule has 0 unspecified atom stereocenters. The summed E-state index contributed by atoms with van der Waals surface area (Å²) in [6.07, 6.45) is 2.64. The zero-order valence-corrected chi connectivity index (χ0v) is 77.6. The molecule has 2 N–H and O–H groups in total. The van der Waals surface area contributed by atoms with Crippen LogP contribution in [0.3, 0.4) is 0 Å². The number of carboxylic acids is 2. The van der Waals surface area contributed by atoms with Crippen LogP contribution in [-0.2, 0) is 19.2 Å². The minimum atomic E-state index is -1.38. The van der Waals surface area contributed by atoms with E-state index in [0.717, 1.165) is 11.9 Å². The van der Waals surface area contributed by atoms with E-state index in [1.54, 1.807) is 0 Å². The molecule has 0 amide bonds. The summed E-state index contributed by atoms with van der Waals surface area (Å²) in [5.74, 6) is 57.9. The van der Waals surface area contributed by atoms with Crippen LogP contribution in [0.2, 0.25) is 0 Å². The molecule has 0 saturated heterocycles. The normalized spacial score (nSPS) is 24.5. The van der Waals surface area contributed by atoms with Crippen LogP contribution in [0.25, 0.3) is 0 Å². The summed E-state index contributed by atoms with van der Waals surface area (Å²) < 4.78 is 0. The molecule has 0 atom stereocenters. The molecule has 8 rings (SSSR count). The number of aliphatic carboxylic acids is 2. The summed E-state index contributed by atoms with van der Waals surface area (Å²) in [6.45, 7) is 88.0. The van der Waals surface area contributed by atoms with E-state index >= 15 is 0 Å². The van der Waals surface area contributed by atoms with Gasteiger partial charge in [-0.3, -0.25) is 31.3 Å². The number of hydrogen-bond donors (Lipinski definition) is 2. The van der Waals surface area contributed by atoms with Crippen molar-refractivity contribution in [3.8, 4) is 0 Å². The minimum absolute atomic E-state index is 0. The summed E-state index contributed by atoms with van der Waals surface area (Å²) in [4.78, 5) is 36.4. The molecule has 6 nitrogen and oxygen atoms in total. The number of carboxylic acid groups (broad SMARTS) is 2. The van der Waals surface area contributed by atoms with Crippen molar-refractivity contribution < 1.29 is 191 Å². The van der Waals surface area contributed by atoms with E-state index in [0.29, 0.717) is 0 Å². The largest absolute Gasteiger partial charge is 0.504 e. The Morgan fingerprint density at radius 2 is 0.208 bits per heavy atom. The van der Waals surface area contributed by atoms with E-state index in [2.05, 4.69) is 277 Å². The van der Waals surface area contributed by atoms with Gasteiger partial charge in [-0.25, -0.2) is 0 Å². The van der Waals surface area contributed by atoms with Gasteiger partial charge in [0.25, 0.3) is 0 Å². The number of carbonyl (C=O) groups excluding carboxylic acids is 2. The average Bonchev–Trinajstić information content (AvgIpc) is 1.85. The SMILES string of the molecule is C[C]1[C](C)[C](C)[C](C)[C]1C.C[C]1[C](C)[C](C)[C](C)[C]1C.C[C]1[C](C)[C](C)[C](C)[C]1C.C[C]1[C](C)[C](C)[C](C)[C]1C.C[C]1[C](C)[C](C)[C](C)[C]1C.C[C]1[C](C)[C](C)[C](C)[C]1C.C[C]1[C](C)[C](C)[C](C)[C]1C.C[C]1[C](C)[C](C)[C](C)[C]1C.O=C=[C-]C(=O)O.O=C=[C-]C(=O)O.[Sm].[Sm].[Sm].[Sm]. The van der Waals surface area contributed by atoms with E-state index < -0.39 is 11.9 Å². The maximum absolute atomic E-state index is 9.23. The molecule has 8 aliphatic carbocycles. The fourth-order valence-corrected chi connectivity index (χ4v) is 11.3. The molecule has 0 aromatic rings. The van der Waals surface area contributed by atoms with Crippen molar-refractivity contribution in [3.63, 3.8) is 0 Å². The Morgan fingerprint density at radius 3 is 0.219 bits per heavy atom. The zero-order valence-electron chi connectivity index (χ0n) is 67.2. The van der Waals surface area contributed by atoms with Gasteiger partial charge < -0.3 is 10.2 Å². The summed E-state index contributed by atoms with van der Waals surface area (Å²) in [5, 5.41) is 15.1. The molecule has 40 radical (unpaired) electrons. The maximum atomic E-state index is 9.23. The molecule has 528 valence electrons. The van der Waals surface area contributed by atoms with Gasteiger partial charge in [-0.15, -0.1) is 0 Å². The minimum Gasteiger partial charge on any atom is -0.504 e. The second-order valence-electron chi connectivity index (χ2n) is 26.1. The van der Waals surface area contributed by atoms with Crippen molar-refractivity contribution in [1.29, 1.82) is 0 Å². The van der Waals surface area contributed by atoms with Gasteiger partial charge in [0.05, 0.1) is 0 Å². The summed E-state index contributed by atoms with van der Waals surface area (Å²) in [6, 6.07) is 0. The molecule has 0 aromatic heterocycles. The van der Waals surface area contributed by atoms with E-state index in [1.807, 2.05) is 0 Å². The Kier molecular flexibility index (Phi) is 60.0. The standard InChI is InChI=1S/8C10H15.2C3HO3.4Sm/c8*1-6-7(2)9(4)10(5)8(6)3;2*4-2-1-3(5)6;;;;/h8*1-5H3;2*(H,5,6);;;;/q;;;;;;;;2*-1;;;;. The molecule has 0 aromatic carbocycles. The molecule has 0 heterocycles. The van der Waals surface area contributed by atoms with E-state index in [-0.39, 0.29) is 162 Å². The number of rotatable bonds is 2. The Morgan fingerprint density at radius 1 is 0.167 bits per heavy atom. The third-order valence-corrected chi connectivity index (χ3v) is 22.8. The molecule has 8 aliphatic rings. The van der Waals surface area contributed by atoms with Gasteiger partial charge in [0, 0.05) is 162 Å². The Balaban J connectivity index is -0.000000234. The van der Waals surface area contributed by atoms with Crippen LogP contribution in [0.15, 0.2) is 0 Å². The zero-order chi connectivity index (χ0) is 73.1. The van der Waals surface area contributed by atoms with Crippen LogP contribution < -0.4 is 0 Å². The van der Waals surface area contributed by atoms with Gasteiger partial charge in [-0.1, -0.05) is 289 Å². The van der Waals surface area contributed by atoms with Gasteiger partial charge in [0.1, 0.15) is 0 Å². The van der Waals surface area contributed by atoms with E-state index in [9.17, 15) is 9.59 Å². The molecule has 8 fully saturated rings. The predicted octanol–water partition coefficient (Wildman–Crippen LogP) is 22.3. The Hall–Kier alpha value is 3.19. The van der Waals surface area contributed by atoms with Gasteiger partial charge >= 0.3 is 0 Å². The quantitative estimate of drug-likeness (QED) is 0.162. The van der Waals surface area contributed by atoms with Crippen molar-refractivity contribution in [2.45, 2.75) is 277 Å². The third kappa shape index (κ3) is 31.4. The van der Waals surface area contributed by atoms with Crippen molar-refractivity contribution in [1.82, 2.24) is 0 Å². The molecule has 96 heavy (non-hydrogen) atoms. The topological polar surface area (TPSA) is 109 Å². The number of carbonyl (C=O) groups is 2. The fraction of sp³-hybridized carbons (Fsp3) is 0.465. The van der Waals surface area contributed by atoms with Gasteiger partial charge in [0.15, 0.2) is 11.9 Å². The molecular weight excluding hydrogens is 1730 g/mol. The Labute approximate surface area is 730 Å².